The molecule has 1 saturated carbocycles. The fourth-order valence-electron chi connectivity index (χ4n) is 2.94. The molecule has 0 bridgehead atoms. The third-order valence-electron chi connectivity index (χ3n) is 4.59. The Morgan fingerprint density at radius 3 is 2.84 bits per heavy atom. The molecule has 134 valence electrons. The zero-order valence-corrected chi connectivity index (χ0v) is 14.7. The van der Waals surface area contributed by atoms with Crippen LogP contribution in [-0.2, 0) is 10.5 Å². The molecule has 7 heteroatoms. The SMILES string of the molecule is O=c1[nH]c(CSC2CCOCC2)nc2cc(OCC3CC3)cc(F)c12. The highest BCUT2D eigenvalue weighted by Crippen LogP contribution is 2.30. The summed E-state index contributed by atoms with van der Waals surface area (Å²) in [6, 6.07) is 2.94. The van der Waals surface area contributed by atoms with E-state index in [1.807, 2.05) is 0 Å². The number of nitrogens with one attached hydrogen (secondary N) is 1. The molecule has 1 aromatic heterocycles. The average molecular weight is 364 g/mol. The summed E-state index contributed by atoms with van der Waals surface area (Å²) >= 11 is 1.76. The molecule has 5 nitrogen and oxygen atoms in total. The highest BCUT2D eigenvalue weighted by Gasteiger charge is 2.22. The van der Waals surface area contributed by atoms with E-state index >= 15 is 0 Å². The van der Waals surface area contributed by atoms with Gasteiger partial charge in [0.05, 0.1) is 17.9 Å². The number of benzene rings is 1. The van der Waals surface area contributed by atoms with E-state index in [-0.39, 0.29) is 5.39 Å². The molecule has 0 atom stereocenters. The normalized spacial score (nSPS) is 18.6. The van der Waals surface area contributed by atoms with Gasteiger partial charge < -0.3 is 14.5 Å². The van der Waals surface area contributed by atoms with Crippen LogP contribution in [0.4, 0.5) is 4.39 Å². The molecule has 2 aromatic rings. The van der Waals surface area contributed by atoms with Gasteiger partial charge in [0.2, 0.25) is 0 Å². The minimum absolute atomic E-state index is 0.00131. The summed E-state index contributed by atoms with van der Waals surface area (Å²) in [5.74, 6) is 1.62. The zero-order valence-electron chi connectivity index (χ0n) is 13.9. The monoisotopic (exact) mass is 364 g/mol. The topological polar surface area (TPSA) is 64.2 Å². The van der Waals surface area contributed by atoms with Crippen LogP contribution in [0.5, 0.6) is 5.75 Å². The maximum atomic E-state index is 14.3. The molecular formula is C18H21FN2O3S. The molecule has 1 aliphatic heterocycles. The fraction of sp³-hybridized carbons (Fsp3) is 0.556. The summed E-state index contributed by atoms with van der Waals surface area (Å²) in [5.41, 5.74) is -0.0732. The minimum atomic E-state index is -0.583. The standard InChI is InChI=1S/C18H21FN2O3S/c19-14-7-12(24-9-11-1-2-11)8-15-17(14)18(22)21-16(20-15)10-25-13-3-5-23-6-4-13/h7-8,11,13H,1-6,9-10H2,(H,20,21,22). The van der Waals surface area contributed by atoms with E-state index in [2.05, 4.69) is 9.97 Å². The molecule has 0 spiro atoms. The van der Waals surface area contributed by atoms with Gasteiger partial charge in [-0.3, -0.25) is 4.79 Å². The second-order valence-electron chi connectivity index (χ2n) is 6.69. The van der Waals surface area contributed by atoms with Crippen molar-refractivity contribution in [1.82, 2.24) is 9.97 Å². The van der Waals surface area contributed by atoms with Crippen molar-refractivity contribution < 1.29 is 13.9 Å². The number of aromatic amines is 1. The van der Waals surface area contributed by atoms with Crippen molar-refractivity contribution >= 4 is 22.7 Å². The van der Waals surface area contributed by atoms with Crippen LogP contribution in [0.3, 0.4) is 0 Å². The van der Waals surface area contributed by atoms with Gasteiger partial charge in [-0.1, -0.05) is 0 Å². The fourth-order valence-corrected chi connectivity index (χ4v) is 3.99. The van der Waals surface area contributed by atoms with Gasteiger partial charge in [0, 0.05) is 30.6 Å². The molecule has 2 fully saturated rings. The van der Waals surface area contributed by atoms with E-state index in [1.165, 1.54) is 18.9 Å². The molecule has 0 radical (unpaired) electrons. The maximum absolute atomic E-state index is 14.3. The molecule has 1 saturated heterocycles. The van der Waals surface area contributed by atoms with E-state index < -0.39 is 11.4 Å². The predicted molar refractivity (Wildman–Crippen MR) is 95.7 cm³/mol. The Hall–Kier alpha value is -1.60. The highest BCUT2D eigenvalue weighted by atomic mass is 32.2. The van der Waals surface area contributed by atoms with Crippen molar-refractivity contribution in [3.05, 3.63) is 34.1 Å². The molecule has 25 heavy (non-hydrogen) atoms. The Morgan fingerprint density at radius 1 is 1.28 bits per heavy atom. The van der Waals surface area contributed by atoms with Gasteiger partial charge in [-0.15, -0.1) is 0 Å². The molecular weight excluding hydrogens is 343 g/mol. The summed E-state index contributed by atoms with van der Waals surface area (Å²) < 4.78 is 25.3. The first-order valence-electron chi connectivity index (χ1n) is 8.73. The number of ether oxygens (including phenoxy) is 2. The summed E-state index contributed by atoms with van der Waals surface area (Å²) in [7, 11) is 0. The van der Waals surface area contributed by atoms with Gasteiger partial charge in [-0.05, 0) is 31.6 Å². The molecule has 1 aliphatic carbocycles. The lowest BCUT2D eigenvalue weighted by atomic mass is 10.2. The number of H-pyrrole nitrogens is 1. The van der Waals surface area contributed by atoms with Gasteiger partial charge in [0.25, 0.3) is 5.56 Å². The van der Waals surface area contributed by atoms with Crippen LogP contribution in [0.2, 0.25) is 0 Å². The largest absolute Gasteiger partial charge is 0.493 e. The van der Waals surface area contributed by atoms with Gasteiger partial charge in [0.15, 0.2) is 0 Å². The Bertz CT molecular complexity index is 816. The van der Waals surface area contributed by atoms with E-state index in [9.17, 15) is 9.18 Å². The van der Waals surface area contributed by atoms with Crippen molar-refractivity contribution in [2.24, 2.45) is 5.92 Å². The van der Waals surface area contributed by atoms with E-state index in [0.717, 1.165) is 26.1 Å². The molecule has 1 aromatic carbocycles. The maximum Gasteiger partial charge on any atom is 0.261 e. The Balaban J connectivity index is 1.54. The first-order valence-corrected chi connectivity index (χ1v) is 9.78. The smallest absolute Gasteiger partial charge is 0.261 e. The molecule has 0 amide bonds. The summed E-state index contributed by atoms with van der Waals surface area (Å²) in [5, 5.41) is 0.512. The third kappa shape index (κ3) is 4.15. The molecule has 2 aliphatic rings. The Labute approximate surface area is 149 Å². The van der Waals surface area contributed by atoms with Crippen LogP contribution in [-0.4, -0.2) is 35.0 Å². The predicted octanol–water partition coefficient (Wildman–Crippen LogP) is 3.26. The van der Waals surface area contributed by atoms with E-state index in [1.54, 1.807) is 17.8 Å². The van der Waals surface area contributed by atoms with Crippen LogP contribution in [0, 0.1) is 11.7 Å². The van der Waals surface area contributed by atoms with Crippen LogP contribution >= 0.6 is 11.8 Å². The number of fused-ring (bicyclic) bond motifs is 1. The number of aromatic nitrogens is 2. The van der Waals surface area contributed by atoms with Gasteiger partial charge in [-0.2, -0.15) is 11.8 Å². The average Bonchev–Trinajstić information content (AvgIpc) is 3.43. The number of nitrogens with zero attached hydrogens (tertiary/aromatic N) is 1. The van der Waals surface area contributed by atoms with Crippen molar-refractivity contribution in [3.8, 4) is 5.75 Å². The number of hydrogen-bond acceptors (Lipinski definition) is 5. The van der Waals surface area contributed by atoms with E-state index in [4.69, 9.17) is 9.47 Å². The first-order chi connectivity index (χ1) is 12.2. The van der Waals surface area contributed by atoms with Crippen molar-refractivity contribution in [2.45, 2.75) is 36.7 Å². The lowest BCUT2D eigenvalue weighted by molar-refractivity contribution is 0.1000. The van der Waals surface area contributed by atoms with Gasteiger partial charge in [-0.25, -0.2) is 9.37 Å². The van der Waals surface area contributed by atoms with Gasteiger partial charge >= 0.3 is 0 Å². The van der Waals surface area contributed by atoms with Crippen LogP contribution in [0.25, 0.3) is 10.9 Å². The highest BCUT2D eigenvalue weighted by molar-refractivity contribution is 7.99. The number of hydrogen-bond donors (Lipinski definition) is 1. The van der Waals surface area contributed by atoms with E-state index in [0.29, 0.717) is 40.6 Å². The molecule has 0 unspecified atom stereocenters. The zero-order chi connectivity index (χ0) is 17.2. The van der Waals surface area contributed by atoms with Gasteiger partial charge in [0.1, 0.15) is 22.8 Å². The quantitative estimate of drug-likeness (QED) is 0.852. The first kappa shape index (κ1) is 16.8. The molecule has 2 heterocycles. The van der Waals surface area contributed by atoms with Crippen LogP contribution < -0.4 is 10.3 Å². The third-order valence-corrected chi connectivity index (χ3v) is 5.97. The Morgan fingerprint density at radius 2 is 2.08 bits per heavy atom. The minimum Gasteiger partial charge on any atom is -0.493 e. The number of halogens is 1. The summed E-state index contributed by atoms with van der Waals surface area (Å²) in [6.45, 7) is 2.17. The van der Waals surface area contributed by atoms with Crippen LogP contribution in [0.1, 0.15) is 31.5 Å². The number of thioether (sulfide) groups is 1. The summed E-state index contributed by atoms with van der Waals surface area (Å²) in [6.07, 6.45) is 4.36. The van der Waals surface area contributed by atoms with Crippen molar-refractivity contribution in [1.29, 1.82) is 0 Å². The summed E-state index contributed by atoms with van der Waals surface area (Å²) in [4.78, 5) is 19.4. The lowest BCUT2D eigenvalue weighted by Crippen LogP contribution is -2.18. The molecule has 1 N–H and O–H groups in total. The molecule has 4 rings (SSSR count). The lowest BCUT2D eigenvalue weighted by Gasteiger charge is -2.21. The van der Waals surface area contributed by atoms with Crippen molar-refractivity contribution in [3.63, 3.8) is 0 Å². The second kappa shape index (κ2) is 7.33. The van der Waals surface area contributed by atoms with Crippen molar-refractivity contribution in [2.75, 3.05) is 19.8 Å². The number of rotatable bonds is 6. The van der Waals surface area contributed by atoms with Crippen LogP contribution in [0.15, 0.2) is 16.9 Å². The Kier molecular flexibility index (Phi) is 4.94. The second-order valence-corrected chi connectivity index (χ2v) is 7.98.